The molecule has 1 unspecified atom stereocenters. The first-order chi connectivity index (χ1) is 21.3. The van der Waals surface area contributed by atoms with Gasteiger partial charge in [0.1, 0.15) is 18.4 Å². The quantitative estimate of drug-likeness (QED) is 0.153. The van der Waals surface area contributed by atoms with Crippen molar-refractivity contribution in [1.82, 2.24) is 9.24 Å². The van der Waals surface area contributed by atoms with Gasteiger partial charge in [-0.1, -0.05) is 40.6 Å². The Morgan fingerprint density at radius 3 is 2.52 bits per heavy atom. The molecular formula is C32H39F3N5O2PS. The van der Waals surface area contributed by atoms with Gasteiger partial charge in [-0.15, -0.1) is 11.8 Å². The molecule has 1 aliphatic heterocycles. The van der Waals surface area contributed by atoms with Crippen molar-refractivity contribution in [2.24, 2.45) is 0 Å². The number of hydrogen-bond acceptors (Lipinski definition) is 7. The highest BCUT2D eigenvalue weighted by Crippen LogP contribution is 2.32. The fraction of sp³-hybridized carbons (Fsp3) is 0.469. The number of nitriles is 1. The third-order valence-corrected chi connectivity index (χ3v) is 8.60. The molecule has 0 spiro atoms. The number of hydrogen-bond donors (Lipinski definition) is 2. The number of ether oxygens (including phenoxy) is 2. The number of aromatic nitrogens is 1. The average Bonchev–Trinajstić information content (AvgIpc) is 3.36. The van der Waals surface area contributed by atoms with Crippen LogP contribution in [0.1, 0.15) is 37.8 Å². The minimum absolute atomic E-state index is 0.0903. The first-order valence-electron chi connectivity index (χ1n) is 14.7. The Labute approximate surface area is 264 Å². The number of rotatable bonds is 8. The molecule has 7 nitrogen and oxygen atoms in total. The number of fused-ring (bicyclic) bond motifs is 1. The predicted octanol–water partition coefficient (Wildman–Crippen LogP) is 7.14. The molecular weight excluding hydrogens is 606 g/mol. The molecule has 12 heteroatoms. The number of benzene rings is 2. The number of alkyl halides is 3. The fourth-order valence-electron chi connectivity index (χ4n) is 5.19. The molecule has 1 saturated heterocycles. The lowest BCUT2D eigenvalue weighted by Gasteiger charge is -2.24. The third kappa shape index (κ3) is 10.2. The molecule has 0 bridgehead atoms. The van der Waals surface area contributed by atoms with Crippen molar-refractivity contribution in [3.63, 3.8) is 0 Å². The molecule has 5 rings (SSSR count). The fourth-order valence-corrected chi connectivity index (χ4v) is 5.83. The van der Waals surface area contributed by atoms with Crippen LogP contribution in [0.5, 0.6) is 5.75 Å². The molecule has 0 amide bonds. The van der Waals surface area contributed by atoms with Gasteiger partial charge in [0.2, 0.25) is 0 Å². The summed E-state index contributed by atoms with van der Waals surface area (Å²) in [7, 11) is 2.66. The lowest BCUT2D eigenvalue weighted by molar-refractivity contribution is -0.140. The summed E-state index contributed by atoms with van der Waals surface area (Å²) in [5, 5.41) is 16.3. The van der Waals surface area contributed by atoms with Crippen LogP contribution in [0, 0.1) is 23.2 Å². The smallest absolute Gasteiger partial charge is 0.406 e. The van der Waals surface area contributed by atoms with Crippen LogP contribution < -0.4 is 15.4 Å². The van der Waals surface area contributed by atoms with Crippen LogP contribution in [0.25, 0.3) is 10.9 Å². The normalized spacial score (nSPS) is 15.8. The number of thioether (sulfide) groups is 1. The summed E-state index contributed by atoms with van der Waals surface area (Å²) in [6.45, 7) is 2.90. The van der Waals surface area contributed by atoms with Gasteiger partial charge in [0, 0.05) is 35.1 Å². The SMILES string of the molecule is CSc1ccc(NCC#Cc2cc3c(NC4CCCCC4)cccc3n2CC(F)(F)F)c(OCC#N)c1.PN1CCOCC1. The molecule has 2 N–H and O–H groups in total. The minimum atomic E-state index is -4.38. The molecule has 2 heterocycles. The van der Waals surface area contributed by atoms with Gasteiger partial charge in [-0.05, 0) is 61.4 Å². The maximum atomic E-state index is 13.5. The summed E-state index contributed by atoms with van der Waals surface area (Å²) in [5.41, 5.74) is 2.33. The number of nitrogens with one attached hydrogen (secondary N) is 2. The Morgan fingerprint density at radius 2 is 1.86 bits per heavy atom. The Morgan fingerprint density at radius 1 is 1.09 bits per heavy atom. The molecule has 1 atom stereocenters. The van der Waals surface area contributed by atoms with Gasteiger partial charge < -0.3 is 24.7 Å². The average molecular weight is 646 g/mol. The third-order valence-electron chi connectivity index (χ3n) is 7.36. The van der Waals surface area contributed by atoms with E-state index in [1.165, 1.54) is 11.0 Å². The number of nitrogens with zero attached hydrogens (tertiary/aromatic N) is 3. The van der Waals surface area contributed by atoms with Gasteiger partial charge in [-0.25, -0.2) is 0 Å². The number of halogens is 3. The summed E-state index contributed by atoms with van der Waals surface area (Å²) >= 11 is 1.55. The largest absolute Gasteiger partial charge is 0.477 e. The van der Waals surface area contributed by atoms with E-state index in [0.717, 1.165) is 68.0 Å². The molecule has 2 aromatic carbocycles. The molecule has 2 aliphatic rings. The van der Waals surface area contributed by atoms with Crippen molar-refractivity contribution < 1.29 is 22.6 Å². The van der Waals surface area contributed by atoms with Crippen molar-refractivity contribution in [3.05, 3.63) is 48.2 Å². The highest BCUT2D eigenvalue weighted by atomic mass is 32.2. The predicted molar refractivity (Wildman–Crippen MR) is 175 cm³/mol. The van der Waals surface area contributed by atoms with Gasteiger partial charge in [-0.2, -0.15) is 18.4 Å². The topological polar surface area (TPSA) is 74.5 Å². The molecule has 0 radical (unpaired) electrons. The zero-order valence-corrected chi connectivity index (χ0v) is 26.9. The molecule has 44 heavy (non-hydrogen) atoms. The first-order valence-corrected chi connectivity index (χ1v) is 16.4. The summed E-state index contributed by atoms with van der Waals surface area (Å²) in [5.74, 6) is 6.42. The van der Waals surface area contributed by atoms with E-state index < -0.39 is 12.7 Å². The van der Waals surface area contributed by atoms with Gasteiger partial charge in [0.05, 0.1) is 36.7 Å². The summed E-state index contributed by atoms with van der Waals surface area (Å²) < 4.78 is 54.5. The Hall–Kier alpha value is -3.08. The van der Waals surface area contributed by atoms with Crippen LogP contribution in [0.15, 0.2) is 47.4 Å². The second kappa shape index (κ2) is 16.8. The molecule has 236 valence electrons. The van der Waals surface area contributed by atoms with Gasteiger partial charge in [-0.3, -0.25) is 4.67 Å². The van der Waals surface area contributed by atoms with E-state index in [-0.39, 0.29) is 13.2 Å². The molecule has 1 saturated carbocycles. The van der Waals surface area contributed by atoms with Crippen molar-refractivity contribution >= 4 is 43.4 Å². The van der Waals surface area contributed by atoms with Crippen molar-refractivity contribution in [2.45, 2.75) is 55.8 Å². The van der Waals surface area contributed by atoms with E-state index in [1.807, 2.05) is 36.6 Å². The summed E-state index contributed by atoms with van der Waals surface area (Å²) in [6.07, 6.45) is 3.25. The monoisotopic (exact) mass is 645 g/mol. The summed E-state index contributed by atoms with van der Waals surface area (Å²) in [6, 6.07) is 15.0. The van der Waals surface area contributed by atoms with E-state index in [4.69, 9.17) is 14.7 Å². The van der Waals surface area contributed by atoms with Gasteiger partial charge in [0.15, 0.2) is 6.61 Å². The van der Waals surface area contributed by atoms with E-state index >= 15 is 0 Å². The van der Waals surface area contributed by atoms with Crippen LogP contribution in [0.3, 0.4) is 0 Å². The van der Waals surface area contributed by atoms with E-state index in [9.17, 15) is 13.2 Å². The Kier molecular flexibility index (Phi) is 12.9. The van der Waals surface area contributed by atoms with Crippen LogP contribution in [-0.2, 0) is 11.3 Å². The second-order valence-electron chi connectivity index (χ2n) is 10.6. The molecule has 3 aromatic rings. The molecule has 2 fully saturated rings. The van der Waals surface area contributed by atoms with E-state index in [2.05, 4.69) is 36.5 Å². The molecule has 1 aromatic heterocycles. The maximum absolute atomic E-state index is 13.5. The highest BCUT2D eigenvalue weighted by Gasteiger charge is 2.30. The van der Waals surface area contributed by atoms with Gasteiger partial charge >= 0.3 is 6.18 Å². The number of morpholine rings is 1. The highest BCUT2D eigenvalue weighted by molar-refractivity contribution is 7.98. The lowest BCUT2D eigenvalue weighted by Crippen LogP contribution is -2.28. The minimum Gasteiger partial charge on any atom is -0.477 e. The zero-order valence-electron chi connectivity index (χ0n) is 24.9. The first kappa shape index (κ1) is 33.8. The second-order valence-corrected chi connectivity index (χ2v) is 12.2. The van der Waals surface area contributed by atoms with Crippen LogP contribution >= 0.6 is 21.2 Å². The van der Waals surface area contributed by atoms with Crippen molar-refractivity contribution in [2.75, 3.05) is 56.3 Å². The van der Waals surface area contributed by atoms with Crippen LogP contribution in [0.2, 0.25) is 0 Å². The lowest BCUT2D eigenvalue weighted by atomic mass is 9.95. The Balaban J connectivity index is 0.000000555. The van der Waals surface area contributed by atoms with Gasteiger partial charge in [0.25, 0.3) is 0 Å². The maximum Gasteiger partial charge on any atom is 0.406 e. The number of anilines is 2. The summed E-state index contributed by atoms with van der Waals surface area (Å²) in [4.78, 5) is 0.985. The van der Waals surface area contributed by atoms with Crippen LogP contribution in [-0.4, -0.2) is 67.2 Å². The zero-order chi connectivity index (χ0) is 31.4. The van der Waals surface area contributed by atoms with E-state index in [0.29, 0.717) is 28.7 Å². The standard InChI is InChI=1S/C28H29F3N4OS.C4H10NOP/c1-37-22-12-13-25(27(18-22)36-16-14-32)33-15-6-9-21-17-23-24(34-20-7-3-2-4-8-20)10-5-11-26(23)35(21)19-28(29,30)31;7-5-1-3-6-4-2-5/h5,10-13,17-18,20,33-34H,2-4,7-8,15-16,19H2,1H3;1-4,7H2. The van der Waals surface area contributed by atoms with E-state index in [1.54, 1.807) is 30.0 Å². The Bertz CT molecular complexity index is 1470. The van der Waals surface area contributed by atoms with Crippen molar-refractivity contribution in [1.29, 1.82) is 5.26 Å². The van der Waals surface area contributed by atoms with Crippen molar-refractivity contribution in [3.8, 4) is 23.7 Å². The van der Waals surface area contributed by atoms with Crippen LogP contribution in [0.4, 0.5) is 24.5 Å². The molecule has 1 aliphatic carbocycles.